The summed E-state index contributed by atoms with van der Waals surface area (Å²) in [7, 11) is 1.56. The number of hydrogen-bond donors (Lipinski definition) is 1. The van der Waals surface area contributed by atoms with Crippen molar-refractivity contribution in [1.29, 1.82) is 0 Å². The van der Waals surface area contributed by atoms with Crippen LogP contribution in [0, 0.1) is 0 Å². The Morgan fingerprint density at radius 1 is 0.920 bits per heavy atom. The third-order valence-corrected chi connectivity index (χ3v) is 4.31. The molecule has 1 fully saturated rings. The van der Waals surface area contributed by atoms with Gasteiger partial charge < -0.3 is 19.6 Å². The molecule has 1 heterocycles. The maximum Gasteiger partial charge on any atom is 0.257 e. The van der Waals surface area contributed by atoms with Gasteiger partial charge in [0.15, 0.2) is 0 Å². The second-order valence-electron chi connectivity index (χ2n) is 5.83. The van der Waals surface area contributed by atoms with E-state index in [0.717, 1.165) is 0 Å². The molecule has 6 heteroatoms. The Morgan fingerprint density at radius 2 is 1.56 bits per heavy atom. The molecule has 3 rings (SSSR count). The van der Waals surface area contributed by atoms with Crippen molar-refractivity contribution in [2.24, 2.45) is 0 Å². The van der Waals surface area contributed by atoms with Crippen LogP contribution in [0.25, 0.3) is 0 Å². The maximum atomic E-state index is 12.6. The number of carbonyl (C=O) groups excluding carboxylic acids is 2. The minimum atomic E-state index is -0.216. The highest BCUT2D eigenvalue weighted by Gasteiger charge is 2.26. The third kappa shape index (κ3) is 3.57. The van der Waals surface area contributed by atoms with Crippen molar-refractivity contribution >= 4 is 11.8 Å². The molecular formula is C19H20N2O4. The Morgan fingerprint density at radius 3 is 2.20 bits per heavy atom. The average molecular weight is 340 g/mol. The quantitative estimate of drug-likeness (QED) is 0.928. The number of amides is 2. The smallest absolute Gasteiger partial charge is 0.257 e. The normalized spacial score (nSPS) is 14.3. The number of rotatable bonds is 3. The molecule has 6 nitrogen and oxygen atoms in total. The number of phenols is 1. The molecule has 25 heavy (non-hydrogen) atoms. The summed E-state index contributed by atoms with van der Waals surface area (Å²) in [6.07, 6.45) is 0. The summed E-state index contributed by atoms with van der Waals surface area (Å²) in [6, 6.07) is 13.5. The van der Waals surface area contributed by atoms with Crippen LogP contribution in [0.4, 0.5) is 0 Å². The minimum Gasteiger partial charge on any atom is -0.507 e. The lowest BCUT2D eigenvalue weighted by Crippen LogP contribution is -2.50. The highest BCUT2D eigenvalue weighted by Crippen LogP contribution is 2.20. The zero-order chi connectivity index (χ0) is 17.8. The molecule has 0 aliphatic carbocycles. The Bertz CT molecular complexity index is 782. The topological polar surface area (TPSA) is 70.1 Å². The molecule has 2 amide bonds. The Balaban J connectivity index is 1.64. The summed E-state index contributed by atoms with van der Waals surface area (Å²) >= 11 is 0. The second-order valence-corrected chi connectivity index (χ2v) is 5.83. The van der Waals surface area contributed by atoms with Crippen LogP contribution >= 0.6 is 0 Å². The van der Waals surface area contributed by atoms with Crippen LogP contribution in [0.2, 0.25) is 0 Å². The molecule has 1 aliphatic heterocycles. The standard InChI is InChI=1S/C19H20N2O4/c1-25-15-6-4-5-14(13-15)18(23)20-9-11-21(12-10-20)19(24)16-7-2-3-8-17(16)22/h2-8,13,22H,9-12H2,1H3. The number of para-hydroxylation sites is 1. The minimum absolute atomic E-state index is 0.0256. The van der Waals surface area contributed by atoms with Gasteiger partial charge >= 0.3 is 0 Å². The lowest BCUT2D eigenvalue weighted by atomic mass is 10.1. The summed E-state index contributed by atoms with van der Waals surface area (Å²) in [5.41, 5.74) is 0.856. The first-order valence-corrected chi connectivity index (χ1v) is 8.11. The van der Waals surface area contributed by atoms with Crippen LogP contribution in [-0.2, 0) is 0 Å². The zero-order valence-corrected chi connectivity index (χ0v) is 14.0. The summed E-state index contributed by atoms with van der Waals surface area (Å²) in [5.74, 6) is 0.321. The fourth-order valence-electron chi connectivity index (χ4n) is 2.88. The predicted octanol–water partition coefficient (Wildman–Crippen LogP) is 2.00. The van der Waals surface area contributed by atoms with E-state index in [4.69, 9.17) is 4.74 Å². The summed E-state index contributed by atoms with van der Waals surface area (Å²) in [6.45, 7) is 1.77. The van der Waals surface area contributed by atoms with Crippen LogP contribution < -0.4 is 4.74 Å². The molecule has 1 saturated heterocycles. The van der Waals surface area contributed by atoms with Gasteiger partial charge in [-0.15, -0.1) is 0 Å². The Hall–Kier alpha value is -3.02. The number of methoxy groups -OCH3 is 1. The molecule has 2 aromatic carbocycles. The molecule has 0 bridgehead atoms. The first kappa shape index (κ1) is 16.8. The van der Waals surface area contributed by atoms with Crippen molar-refractivity contribution < 1.29 is 19.4 Å². The SMILES string of the molecule is COc1cccc(C(=O)N2CCN(C(=O)c3ccccc3O)CC2)c1. The van der Waals surface area contributed by atoms with Gasteiger partial charge in [0, 0.05) is 31.7 Å². The second kappa shape index (κ2) is 7.25. The summed E-state index contributed by atoms with van der Waals surface area (Å²) in [5, 5.41) is 9.83. The van der Waals surface area contributed by atoms with Crippen LogP contribution in [0.5, 0.6) is 11.5 Å². The number of benzene rings is 2. The number of carbonyl (C=O) groups is 2. The van der Waals surface area contributed by atoms with Crippen molar-refractivity contribution in [1.82, 2.24) is 9.80 Å². The van der Waals surface area contributed by atoms with E-state index in [0.29, 0.717) is 37.5 Å². The maximum absolute atomic E-state index is 12.6. The van der Waals surface area contributed by atoms with Gasteiger partial charge in [-0.05, 0) is 30.3 Å². The lowest BCUT2D eigenvalue weighted by molar-refractivity contribution is 0.0533. The number of nitrogens with zero attached hydrogens (tertiary/aromatic N) is 2. The molecule has 0 aromatic heterocycles. The zero-order valence-electron chi connectivity index (χ0n) is 14.0. The number of piperazine rings is 1. The van der Waals surface area contributed by atoms with E-state index in [1.165, 1.54) is 6.07 Å². The van der Waals surface area contributed by atoms with Gasteiger partial charge in [0.1, 0.15) is 11.5 Å². The summed E-state index contributed by atoms with van der Waals surface area (Å²) < 4.78 is 5.15. The molecule has 0 atom stereocenters. The van der Waals surface area contributed by atoms with Gasteiger partial charge in [-0.3, -0.25) is 9.59 Å². The molecule has 2 aromatic rings. The predicted molar refractivity (Wildman–Crippen MR) is 92.9 cm³/mol. The third-order valence-electron chi connectivity index (χ3n) is 4.31. The molecule has 0 saturated carbocycles. The molecular weight excluding hydrogens is 320 g/mol. The van der Waals surface area contributed by atoms with Crippen molar-refractivity contribution in [3.05, 3.63) is 59.7 Å². The summed E-state index contributed by atoms with van der Waals surface area (Å²) in [4.78, 5) is 28.5. The van der Waals surface area contributed by atoms with Gasteiger partial charge in [0.25, 0.3) is 11.8 Å². The molecule has 0 spiro atoms. The van der Waals surface area contributed by atoms with E-state index in [1.807, 2.05) is 0 Å². The van der Waals surface area contributed by atoms with E-state index in [9.17, 15) is 14.7 Å². The number of phenolic OH excluding ortho intramolecular Hbond substituents is 1. The molecule has 0 radical (unpaired) electrons. The van der Waals surface area contributed by atoms with Crippen LogP contribution in [0.15, 0.2) is 48.5 Å². The Labute approximate surface area is 146 Å². The van der Waals surface area contributed by atoms with Gasteiger partial charge in [-0.1, -0.05) is 18.2 Å². The average Bonchev–Trinajstić information content (AvgIpc) is 2.67. The number of aromatic hydroxyl groups is 1. The van der Waals surface area contributed by atoms with E-state index in [1.54, 1.807) is 59.4 Å². The Kier molecular flexibility index (Phi) is 4.88. The largest absolute Gasteiger partial charge is 0.507 e. The molecule has 130 valence electrons. The number of hydrogen-bond acceptors (Lipinski definition) is 4. The van der Waals surface area contributed by atoms with E-state index < -0.39 is 0 Å². The van der Waals surface area contributed by atoms with E-state index in [2.05, 4.69) is 0 Å². The fourth-order valence-corrected chi connectivity index (χ4v) is 2.88. The monoisotopic (exact) mass is 340 g/mol. The lowest BCUT2D eigenvalue weighted by Gasteiger charge is -2.35. The van der Waals surface area contributed by atoms with Crippen molar-refractivity contribution in [3.8, 4) is 11.5 Å². The molecule has 1 N–H and O–H groups in total. The first-order valence-electron chi connectivity index (χ1n) is 8.11. The number of ether oxygens (including phenoxy) is 1. The molecule has 0 unspecified atom stereocenters. The van der Waals surface area contributed by atoms with Gasteiger partial charge in [0.2, 0.25) is 0 Å². The van der Waals surface area contributed by atoms with Crippen LogP contribution in [-0.4, -0.2) is 60.0 Å². The van der Waals surface area contributed by atoms with Crippen LogP contribution in [0.3, 0.4) is 0 Å². The fraction of sp³-hybridized carbons (Fsp3) is 0.263. The highest BCUT2D eigenvalue weighted by atomic mass is 16.5. The van der Waals surface area contributed by atoms with Crippen molar-refractivity contribution in [3.63, 3.8) is 0 Å². The highest BCUT2D eigenvalue weighted by molar-refractivity contribution is 5.97. The van der Waals surface area contributed by atoms with Gasteiger partial charge in [-0.2, -0.15) is 0 Å². The van der Waals surface area contributed by atoms with Crippen LogP contribution in [0.1, 0.15) is 20.7 Å². The molecule has 1 aliphatic rings. The van der Waals surface area contributed by atoms with Gasteiger partial charge in [0.05, 0.1) is 12.7 Å². The van der Waals surface area contributed by atoms with E-state index >= 15 is 0 Å². The van der Waals surface area contributed by atoms with E-state index in [-0.39, 0.29) is 23.1 Å². The first-order chi connectivity index (χ1) is 12.1. The van der Waals surface area contributed by atoms with Crippen molar-refractivity contribution in [2.45, 2.75) is 0 Å². The van der Waals surface area contributed by atoms with Crippen molar-refractivity contribution in [2.75, 3.05) is 33.3 Å². The van der Waals surface area contributed by atoms with Gasteiger partial charge in [-0.25, -0.2) is 0 Å².